The summed E-state index contributed by atoms with van der Waals surface area (Å²) in [6.07, 6.45) is -0.900. The van der Waals surface area contributed by atoms with Crippen molar-refractivity contribution in [2.75, 3.05) is 0 Å². The van der Waals surface area contributed by atoms with E-state index in [0.29, 0.717) is 5.56 Å². The lowest BCUT2D eigenvalue weighted by Gasteiger charge is -2.13. The van der Waals surface area contributed by atoms with E-state index in [1.165, 1.54) is 30.4 Å². The summed E-state index contributed by atoms with van der Waals surface area (Å²) in [5.41, 5.74) is 1.26. The van der Waals surface area contributed by atoms with Gasteiger partial charge in [0.05, 0.1) is 5.56 Å². The van der Waals surface area contributed by atoms with E-state index < -0.39 is 18.0 Å². The van der Waals surface area contributed by atoms with Crippen LogP contribution in [0.15, 0.2) is 30.3 Å². The van der Waals surface area contributed by atoms with Crippen molar-refractivity contribution >= 4 is 23.2 Å². The SMILES string of the molecule is Cc1cc(C(=O)OC(C)C(=O)NCc2ccc(F)cc2)c(C)s1. The summed E-state index contributed by atoms with van der Waals surface area (Å²) in [5.74, 6) is -1.23. The number of halogens is 1. The highest BCUT2D eigenvalue weighted by Gasteiger charge is 2.20. The average Bonchev–Trinajstić information content (AvgIpc) is 2.85. The van der Waals surface area contributed by atoms with Gasteiger partial charge in [-0.2, -0.15) is 0 Å². The van der Waals surface area contributed by atoms with E-state index in [1.807, 2.05) is 13.8 Å². The molecule has 6 heteroatoms. The zero-order valence-electron chi connectivity index (χ0n) is 13.2. The Balaban J connectivity index is 1.88. The van der Waals surface area contributed by atoms with Gasteiger partial charge in [0.1, 0.15) is 5.82 Å². The van der Waals surface area contributed by atoms with Crippen LogP contribution in [0.5, 0.6) is 0 Å². The van der Waals surface area contributed by atoms with Crippen LogP contribution in [-0.2, 0) is 16.1 Å². The number of hydrogen-bond acceptors (Lipinski definition) is 4. The molecule has 1 N–H and O–H groups in total. The minimum Gasteiger partial charge on any atom is -0.449 e. The number of aryl methyl sites for hydroxylation is 2. The van der Waals surface area contributed by atoms with Crippen molar-refractivity contribution in [2.45, 2.75) is 33.4 Å². The van der Waals surface area contributed by atoms with Gasteiger partial charge in [0.2, 0.25) is 0 Å². The van der Waals surface area contributed by atoms with Crippen molar-refractivity contribution in [3.63, 3.8) is 0 Å². The fourth-order valence-corrected chi connectivity index (χ4v) is 2.96. The number of thiophene rings is 1. The molecule has 1 amide bonds. The van der Waals surface area contributed by atoms with Crippen LogP contribution in [0.1, 0.15) is 32.6 Å². The van der Waals surface area contributed by atoms with Crippen LogP contribution in [0, 0.1) is 19.7 Å². The smallest absolute Gasteiger partial charge is 0.340 e. The molecular weight excluding hydrogens is 317 g/mol. The van der Waals surface area contributed by atoms with Crippen molar-refractivity contribution in [2.24, 2.45) is 0 Å². The Kier molecular flexibility index (Phi) is 5.50. The maximum Gasteiger partial charge on any atom is 0.340 e. The van der Waals surface area contributed by atoms with Gasteiger partial charge < -0.3 is 10.1 Å². The second-order valence-electron chi connectivity index (χ2n) is 5.22. The van der Waals surface area contributed by atoms with Gasteiger partial charge in [0.15, 0.2) is 6.10 Å². The van der Waals surface area contributed by atoms with Crippen molar-refractivity contribution in [1.82, 2.24) is 5.32 Å². The third-order valence-corrected chi connectivity index (χ3v) is 4.26. The number of amides is 1. The van der Waals surface area contributed by atoms with Gasteiger partial charge in [0.25, 0.3) is 5.91 Å². The van der Waals surface area contributed by atoms with E-state index in [0.717, 1.165) is 15.3 Å². The lowest BCUT2D eigenvalue weighted by atomic mass is 10.2. The minimum absolute atomic E-state index is 0.248. The minimum atomic E-state index is -0.900. The van der Waals surface area contributed by atoms with E-state index in [2.05, 4.69) is 5.32 Å². The molecule has 1 heterocycles. The molecule has 0 aliphatic heterocycles. The van der Waals surface area contributed by atoms with Gasteiger partial charge >= 0.3 is 5.97 Å². The fraction of sp³-hybridized carbons (Fsp3) is 0.294. The summed E-state index contributed by atoms with van der Waals surface area (Å²) in [5, 5.41) is 2.66. The molecule has 1 unspecified atom stereocenters. The van der Waals surface area contributed by atoms with Crippen molar-refractivity contribution in [1.29, 1.82) is 0 Å². The molecule has 0 saturated heterocycles. The number of carbonyl (C=O) groups excluding carboxylic acids is 2. The Hall–Kier alpha value is -2.21. The molecule has 0 spiro atoms. The second kappa shape index (κ2) is 7.37. The Bertz CT molecular complexity index is 709. The largest absolute Gasteiger partial charge is 0.449 e. The van der Waals surface area contributed by atoms with Crippen LogP contribution >= 0.6 is 11.3 Å². The van der Waals surface area contributed by atoms with E-state index in [-0.39, 0.29) is 12.4 Å². The van der Waals surface area contributed by atoms with Crippen molar-refractivity contribution in [3.05, 3.63) is 57.0 Å². The van der Waals surface area contributed by atoms with Gasteiger partial charge in [-0.1, -0.05) is 12.1 Å². The maximum absolute atomic E-state index is 12.8. The first-order valence-electron chi connectivity index (χ1n) is 7.17. The third kappa shape index (κ3) is 4.63. The Morgan fingerprint density at radius 1 is 1.26 bits per heavy atom. The van der Waals surface area contributed by atoms with Crippen LogP contribution < -0.4 is 5.32 Å². The number of rotatable bonds is 5. The zero-order valence-corrected chi connectivity index (χ0v) is 14.0. The van der Waals surface area contributed by atoms with E-state index >= 15 is 0 Å². The summed E-state index contributed by atoms with van der Waals surface area (Å²) in [6.45, 7) is 5.52. The number of ether oxygens (including phenoxy) is 1. The monoisotopic (exact) mass is 335 g/mol. The first-order chi connectivity index (χ1) is 10.9. The van der Waals surface area contributed by atoms with Gasteiger partial charge in [0, 0.05) is 16.3 Å². The first kappa shape index (κ1) is 17.1. The molecule has 2 rings (SSSR count). The number of esters is 1. The third-order valence-electron chi connectivity index (χ3n) is 3.29. The molecular formula is C17H18FNO3S. The predicted molar refractivity (Wildman–Crippen MR) is 86.9 cm³/mol. The fourth-order valence-electron chi connectivity index (χ4n) is 2.05. The quantitative estimate of drug-likeness (QED) is 0.853. The highest BCUT2D eigenvalue weighted by molar-refractivity contribution is 7.12. The Morgan fingerprint density at radius 2 is 1.91 bits per heavy atom. The summed E-state index contributed by atoms with van der Waals surface area (Å²) in [6, 6.07) is 7.58. The maximum atomic E-state index is 12.8. The van der Waals surface area contributed by atoms with Gasteiger partial charge in [-0.05, 0) is 44.5 Å². The molecule has 1 aromatic heterocycles. The van der Waals surface area contributed by atoms with E-state index in [4.69, 9.17) is 4.74 Å². The molecule has 0 saturated carbocycles. The lowest BCUT2D eigenvalue weighted by Crippen LogP contribution is -2.35. The molecule has 122 valence electrons. The molecule has 0 aliphatic rings. The van der Waals surface area contributed by atoms with Crippen LogP contribution in [0.25, 0.3) is 0 Å². The number of carbonyl (C=O) groups is 2. The van der Waals surface area contributed by atoms with Crippen LogP contribution in [0.2, 0.25) is 0 Å². The standard InChI is InChI=1S/C17H18FNO3S/c1-10-8-15(12(3)23-10)17(21)22-11(2)16(20)19-9-13-4-6-14(18)7-5-13/h4-8,11H,9H2,1-3H3,(H,19,20). The molecule has 1 aromatic carbocycles. The van der Waals surface area contributed by atoms with Crippen molar-refractivity contribution in [3.8, 4) is 0 Å². The topological polar surface area (TPSA) is 55.4 Å². The van der Waals surface area contributed by atoms with Crippen LogP contribution in [-0.4, -0.2) is 18.0 Å². The van der Waals surface area contributed by atoms with Crippen LogP contribution in [0.3, 0.4) is 0 Å². The molecule has 1 atom stereocenters. The summed E-state index contributed by atoms with van der Waals surface area (Å²) in [4.78, 5) is 25.9. The Labute approximate surface area is 138 Å². The highest BCUT2D eigenvalue weighted by atomic mass is 32.1. The summed E-state index contributed by atoms with van der Waals surface area (Å²) < 4.78 is 18.0. The van der Waals surface area contributed by atoms with E-state index in [1.54, 1.807) is 18.2 Å². The lowest BCUT2D eigenvalue weighted by molar-refractivity contribution is -0.129. The van der Waals surface area contributed by atoms with Gasteiger partial charge in [-0.3, -0.25) is 4.79 Å². The Morgan fingerprint density at radius 3 is 2.48 bits per heavy atom. The summed E-state index contributed by atoms with van der Waals surface area (Å²) >= 11 is 1.51. The molecule has 0 bridgehead atoms. The number of nitrogens with one attached hydrogen (secondary N) is 1. The molecule has 2 aromatic rings. The first-order valence-corrected chi connectivity index (χ1v) is 7.98. The molecule has 0 aliphatic carbocycles. The van der Waals surface area contributed by atoms with Gasteiger partial charge in [-0.15, -0.1) is 11.3 Å². The number of hydrogen-bond donors (Lipinski definition) is 1. The zero-order chi connectivity index (χ0) is 17.0. The summed E-state index contributed by atoms with van der Waals surface area (Å²) in [7, 11) is 0. The normalized spacial score (nSPS) is 11.8. The number of benzene rings is 1. The van der Waals surface area contributed by atoms with Gasteiger partial charge in [-0.25, -0.2) is 9.18 Å². The average molecular weight is 335 g/mol. The second-order valence-corrected chi connectivity index (χ2v) is 6.68. The predicted octanol–water partition coefficient (Wildman–Crippen LogP) is 3.37. The molecule has 0 radical (unpaired) electrons. The van der Waals surface area contributed by atoms with Crippen molar-refractivity contribution < 1.29 is 18.7 Å². The highest BCUT2D eigenvalue weighted by Crippen LogP contribution is 2.21. The van der Waals surface area contributed by atoms with Crippen LogP contribution in [0.4, 0.5) is 4.39 Å². The molecule has 23 heavy (non-hydrogen) atoms. The molecule has 4 nitrogen and oxygen atoms in total. The molecule has 0 fully saturated rings. The van der Waals surface area contributed by atoms with E-state index in [9.17, 15) is 14.0 Å².